The van der Waals surface area contributed by atoms with Gasteiger partial charge in [0.25, 0.3) is 11.8 Å². The fraction of sp³-hybridized carbons (Fsp3) is 0.364. The van der Waals surface area contributed by atoms with Crippen LogP contribution in [0, 0.1) is 6.92 Å². The number of rotatable bonds is 9. The van der Waals surface area contributed by atoms with Crippen LogP contribution in [0.25, 0.3) is 0 Å². The van der Waals surface area contributed by atoms with Gasteiger partial charge in [-0.15, -0.1) is 0 Å². The van der Waals surface area contributed by atoms with Crippen LogP contribution in [0.3, 0.4) is 0 Å². The van der Waals surface area contributed by atoms with Gasteiger partial charge in [0.05, 0.1) is 19.2 Å². The Kier molecular flexibility index (Phi) is 8.35. The third kappa shape index (κ3) is 5.57. The molecule has 0 saturated carbocycles. The van der Waals surface area contributed by atoms with Crippen LogP contribution >= 0.6 is 11.6 Å². The molecule has 162 valence electrons. The summed E-state index contributed by atoms with van der Waals surface area (Å²) in [4.78, 5) is 26.4. The fourth-order valence-electron chi connectivity index (χ4n) is 2.92. The first kappa shape index (κ1) is 23.3. The average Bonchev–Trinajstić information content (AvgIpc) is 2.74. The Bertz CT molecular complexity index is 887. The number of carbonyl (C=O) groups is 2. The number of halogens is 1. The van der Waals surface area contributed by atoms with Crippen molar-refractivity contribution in [2.75, 3.05) is 39.2 Å². The molecule has 0 aliphatic carbocycles. The Labute approximate surface area is 181 Å². The third-order valence-corrected chi connectivity index (χ3v) is 4.97. The lowest BCUT2D eigenvalue weighted by molar-refractivity contribution is -0.132. The van der Waals surface area contributed by atoms with Crippen molar-refractivity contribution in [3.8, 4) is 17.2 Å². The zero-order chi connectivity index (χ0) is 22.3. The maximum absolute atomic E-state index is 12.7. The molecule has 1 N–H and O–H groups in total. The number of nitrogens with one attached hydrogen (secondary N) is 1. The van der Waals surface area contributed by atoms with Crippen molar-refractivity contribution in [2.45, 2.75) is 20.8 Å². The first-order valence-corrected chi connectivity index (χ1v) is 9.96. The van der Waals surface area contributed by atoms with E-state index in [2.05, 4.69) is 5.32 Å². The van der Waals surface area contributed by atoms with E-state index < -0.39 is 0 Å². The summed E-state index contributed by atoms with van der Waals surface area (Å²) in [6.07, 6.45) is 0. The van der Waals surface area contributed by atoms with Gasteiger partial charge in [-0.1, -0.05) is 11.6 Å². The minimum absolute atomic E-state index is 0.101. The Morgan fingerprint density at radius 1 is 1.00 bits per heavy atom. The van der Waals surface area contributed by atoms with Crippen molar-refractivity contribution in [3.05, 3.63) is 46.5 Å². The number of amides is 2. The highest BCUT2D eigenvalue weighted by Crippen LogP contribution is 2.31. The highest BCUT2D eigenvalue weighted by atomic mass is 35.5. The number of likely N-dealkylation sites (N-methyl/N-ethyl adjacent to an activating group) is 1. The summed E-state index contributed by atoms with van der Waals surface area (Å²) >= 11 is 6.26. The van der Waals surface area contributed by atoms with E-state index in [1.165, 1.54) is 14.2 Å². The lowest BCUT2D eigenvalue weighted by atomic mass is 10.1. The predicted octanol–water partition coefficient (Wildman–Crippen LogP) is 4.17. The van der Waals surface area contributed by atoms with E-state index >= 15 is 0 Å². The van der Waals surface area contributed by atoms with Gasteiger partial charge in [-0.2, -0.15) is 0 Å². The van der Waals surface area contributed by atoms with Gasteiger partial charge in [-0.3, -0.25) is 9.59 Å². The lowest BCUT2D eigenvalue weighted by Crippen LogP contribution is -2.34. The van der Waals surface area contributed by atoms with Crippen LogP contribution in [0.5, 0.6) is 17.2 Å². The molecule has 0 radical (unpaired) electrons. The number of nitrogens with zero attached hydrogens (tertiary/aromatic N) is 1. The molecule has 0 heterocycles. The second-order valence-corrected chi connectivity index (χ2v) is 6.87. The molecule has 0 spiro atoms. The van der Waals surface area contributed by atoms with Gasteiger partial charge in [0.1, 0.15) is 17.2 Å². The molecule has 0 atom stereocenters. The predicted molar refractivity (Wildman–Crippen MR) is 117 cm³/mol. The highest BCUT2D eigenvalue weighted by Gasteiger charge is 2.15. The molecule has 2 amide bonds. The number of hydrogen-bond acceptors (Lipinski definition) is 5. The van der Waals surface area contributed by atoms with Gasteiger partial charge < -0.3 is 24.4 Å². The Hall–Kier alpha value is -2.93. The van der Waals surface area contributed by atoms with Crippen molar-refractivity contribution in [3.63, 3.8) is 0 Å². The van der Waals surface area contributed by atoms with Gasteiger partial charge in [0.15, 0.2) is 6.61 Å². The van der Waals surface area contributed by atoms with Gasteiger partial charge in [0, 0.05) is 29.9 Å². The van der Waals surface area contributed by atoms with Crippen molar-refractivity contribution >= 4 is 29.1 Å². The summed E-state index contributed by atoms with van der Waals surface area (Å²) in [5.74, 6) is 1.02. The van der Waals surface area contributed by atoms with Crippen LogP contribution in [0.4, 0.5) is 5.69 Å². The topological polar surface area (TPSA) is 77.1 Å². The van der Waals surface area contributed by atoms with Crippen LogP contribution in [0.15, 0.2) is 30.3 Å². The molecule has 0 bridgehead atoms. The number of anilines is 1. The number of ether oxygens (including phenoxy) is 3. The normalized spacial score (nSPS) is 10.3. The van der Waals surface area contributed by atoms with Crippen LogP contribution < -0.4 is 19.5 Å². The molecule has 7 nitrogen and oxygen atoms in total. The summed E-state index contributed by atoms with van der Waals surface area (Å²) in [5, 5.41) is 3.08. The summed E-state index contributed by atoms with van der Waals surface area (Å²) in [6, 6.07) is 8.13. The standard InChI is InChI=1S/C22H27ClN2O5/c1-6-25(7-2)21(26)13-30-18-9-8-16(12-17(18)23)24-22(27)15-10-19(28-4)14(3)20(11-15)29-5/h8-12H,6-7,13H2,1-5H3,(H,24,27). The third-order valence-electron chi connectivity index (χ3n) is 4.67. The smallest absolute Gasteiger partial charge is 0.260 e. The monoisotopic (exact) mass is 434 g/mol. The summed E-state index contributed by atoms with van der Waals surface area (Å²) in [6.45, 7) is 6.80. The van der Waals surface area contributed by atoms with E-state index in [0.717, 1.165) is 5.56 Å². The SMILES string of the molecule is CCN(CC)C(=O)COc1ccc(NC(=O)c2cc(OC)c(C)c(OC)c2)cc1Cl. The molecule has 0 aromatic heterocycles. The molecule has 2 aromatic rings. The summed E-state index contributed by atoms with van der Waals surface area (Å²) < 4.78 is 16.2. The molecule has 0 unspecified atom stereocenters. The zero-order valence-electron chi connectivity index (χ0n) is 17.9. The quantitative estimate of drug-likeness (QED) is 0.641. The Balaban J connectivity index is 2.10. The van der Waals surface area contributed by atoms with Crippen molar-refractivity contribution in [2.24, 2.45) is 0 Å². The largest absolute Gasteiger partial charge is 0.496 e. The van der Waals surface area contributed by atoms with Crippen LogP contribution in [0.2, 0.25) is 5.02 Å². The molecule has 2 aromatic carbocycles. The average molecular weight is 435 g/mol. The Morgan fingerprint density at radius 2 is 1.60 bits per heavy atom. The molecule has 0 fully saturated rings. The molecular formula is C22H27ClN2O5. The lowest BCUT2D eigenvalue weighted by Gasteiger charge is -2.19. The van der Waals surface area contributed by atoms with Gasteiger partial charge >= 0.3 is 0 Å². The van der Waals surface area contributed by atoms with Crippen molar-refractivity contribution in [1.82, 2.24) is 4.90 Å². The molecule has 0 aliphatic heterocycles. The van der Waals surface area contributed by atoms with Gasteiger partial charge in [-0.05, 0) is 51.1 Å². The van der Waals surface area contributed by atoms with E-state index in [1.54, 1.807) is 35.2 Å². The summed E-state index contributed by atoms with van der Waals surface area (Å²) in [7, 11) is 3.07. The second-order valence-electron chi connectivity index (χ2n) is 6.46. The number of carbonyl (C=O) groups excluding carboxylic acids is 2. The molecule has 8 heteroatoms. The van der Waals surface area contributed by atoms with E-state index in [-0.39, 0.29) is 18.4 Å². The molecule has 0 saturated heterocycles. The maximum atomic E-state index is 12.7. The van der Waals surface area contributed by atoms with E-state index in [4.69, 9.17) is 25.8 Å². The van der Waals surface area contributed by atoms with E-state index in [0.29, 0.717) is 46.6 Å². The first-order valence-electron chi connectivity index (χ1n) is 9.58. The molecule has 30 heavy (non-hydrogen) atoms. The van der Waals surface area contributed by atoms with Crippen LogP contribution in [0.1, 0.15) is 29.8 Å². The second kappa shape index (κ2) is 10.7. The van der Waals surface area contributed by atoms with Crippen molar-refractivity contribution < 1.29 is 23.8 Å². The number of benzene rings is 2. The molecule has 0 aliphatic rings. The van der Waals surface area contributed by atoms with Gasteiger partial charge in [0.2, 0.25) is 0 Å². The van der Waals surface area contributed by atoms with Crippen LogP contribution in [-0.4, -0.2) is 50.6 Å². The number of hydrogen-bond donors (Lipinski definition) is 1. The van der Waals surface area contributed by atoms with Crippen LogP contribution in [-0.2, 0) is 4.79 Å². The Morgan fingerprint density at radius 3 is 2.10 bits per heavy atom. The highest BCUT2D eigenvalue weighted by molar-refractivity contribution is 6.32. The molecular weight excluding hydrogens is 408 g/mol. The first-order chi connectivity index (χ1) is 14.3. The zero-order valence-corrected chi connectivity index (χ0v) is 18.6. The minimum atomic E-state index is -0.340. The van der Waals surface area contributed by atoms with Gasteiger partial charge in [-0.25, -0.2) is 0 Å². The number of methoxy groups -OCH3 is 2. The van der Waals surface area contributed by atoms with E-state index in [1.807, 2.05) is 20.8 Å². The summed E-state index contributed by atoms with van der Waals surface area (Å²) in [5.41, 5.74) is 1.68. The van der Waals surface area contributed by atoms with E-state index in [9.17, 15) is 9.59 Å². The minimum Gasteiger partial charge on any atom is -0.496 e. The maximum Gasteiger partial charge on any atom is 0.260 e. The fourth-order valence-corrected chi connectivity index (χ4v) is 3.16. The molecule has 2 rings (SSSR count). The van der Waals surface area contributed by atoms with Crippen molar-refractivity contribution in [1.29, 1.82) is 0 Å².